The first-order chi connectivity index (χ1) is 16.1. The normalized spacial score (nSPS) is 13.4. The summed E-state index contributed by atoms with van der Waals surface area (Å²) in [5.74, 6) is 1.02. The van der Waals surface area contributed by atoms with E-state index < -0.39 is 0 Å². The molecular weight excluding hydrogens is 434 g/mol. The number of nitrogens with zero attached hydrogens (tertiary/aromatic N) is 3. The van der Waals surface area contributed by atoms with Crippen LogP contribution < -0.4 is 15.5 Å². The lowest BCUT2D eigenvalue weighted by molar-refractivity contribution is -0.114. The number of benzene rings is 2. The first-order valence-electron chi connectivity index (χ1n) is 11.2. The zero-order chi connectivity index (χ0) is 23.0. The lowest BCUT2D eigenvalue weighted by atomic mass is 10.1. The molecule has 33 heavy (non-hydrogen) atoms. The van der Waals surface area contributed by atoms with Gasteiger partial charge in [0.05, 0.1) is 6.20 Å². The van der Waals surface area contributed by atoms with Crippen LogP contribution in [0.1, 0.15) is 30.4 Å². The molecule has 1 aliphatic rings. The SMILES string of the molecule is C=CC(=O)Cc1cccc(CNc2nc(Nc3ccc(N4CCCCC4)cc3)ncc2Cl)c1. The second-order valence-corrected chi connectivity index (χ2v) is 8.54. The van der Waals surface area contributed by atoms with Gasteiger partial charge in [0, 0.05) is 37.4 Å². The largest absolute Gasteiger partial charge is 0.372 e. The minimum Gasteiger partial charge on any atom is -0.372 e. The first-order valence-corrected chi connectivity index (χ1v) is 11.6. The van der Waals surface area contributed by atoms with Gasteiger partial charge in [-0.05, 0) is 60.7 Å². The average Bonchev–Trinajstić information content (AvgIpc) is 2.85. The third kappa shape index (κ3) is 6.33. The van der Waals surface area contributed by atoms with Crippen molar-refractivity contribution >= 4 is 40.5 Å². The third-order valence-corrected chi connectivity index (χ3v) is 5.92. The molecule has 6 nitrogen and oxygen atoms in total. The van der Waals surface area contributed by atoms with Crippen molar-refractivity contribution in [3.63, 3.8) is 0 Å². The number of carbonyl (C=O) groups excluding carboxylic acids is 1. The molecule has 0 radical (unpaired) electrons. The van der Waals surface area contributed by atoms with Gasteiger partial charge in [0.1, 0.15) is 5.02 Å². The van der Waals surface area contributed by atoms with Crippen molar-refractivity contribution < 1.29 is 4.79 Å². The molecule has 0 atom stereocenters. The molecular formula is C26H28ClN5O. The fraction of sp³-hybridized carbons (Fsp3) is 0.269. The lowest BCUT2D eigenvalue weighted by Crippen LogP contribution is -2.29. The molecule has 1 fully saturated rings. The van der Waals surface area contributed by atoms with Crippen LogP contribution >= 0.6 is 11.6 Å². The molecule has 3 aromatic rings. The molecule has 1 saturated heterocycles. The second kappa shape index (κ2) is 11.0. The highest BCUT2D eigenvalue weighted by Gasteiger charge is 2.11. The minimum absolute atomic E-state index is 0.00127. The summed E-state index contributed by atoms with van der Waals surface area (Å²) < 4.78 is 0. The van der Waals surface area contributed by atoms with Gasteiger partial charge in [0.25, 0.3) is 0 Å². The molecule has 0 amide bonds. The van der Waals surface area contributed by atoms with Crippen LogP contribution in [0, 0.1) is 0 Å². The molecule has 0 unspecified atom stereocenters. The van der Waals surface area contributed by atoms with Gasteiger partial charge in [-0.25, -0.2) is 4.98 Å². The van der Waals surface area contributed by atoms with E-state index in [1.54, 1.807) is 6.20 Å². The Morgan fingerprint density at radius 1 is 1.09 bits per heavy atom. The van der Waals surface area contributed by atoms with E-state index in [0.717, 1.165) is 29.9 Å². The smallest absolute Gasteiger partial charge is 0.229 e. The van der Waals surface area contributed by atoms with Crippen molar-refractivity contribution in [3.05, 3.63) is 83.5 Å². The van der Waals surface area contributed by atoms with E-state index in [-0.39, 0.29) is 5.78 Å². The monoisotopic (exact) mass is 461 g/mol. The van der Waals surface area contributed by atoms with E-state index >= 15 is 0 Å². The molecule has 2 aromatic carbocycles. The molecule has 1 aliphatic heterocycles. The fourth-order valence-corrected chi connectivity index (χ4v) is 4.05. The highest BCUT2D eigenvalue weighted by atomic mass is 35.5. The topological polar surface area (TPSA) is 70.2 Å². The maximum Gasteiger partial charge on any atom is 0.229 e. The number of nitrogens with one attached hydrogen (secondary N) is 2. The summed E-state index contributed by atoms with van der Waals surface area (Å²) in [6.45, 7) is 6.30. The van der Waals surface area contributed by atoms with E-state index in [2.05, 4.69) is 44.2 Å². The lowest BCUT2D eigenvalue weighted by Gasteiger charge is -2.28. The fourth-order valence-electron chi connectivity index (χ4n) is 3.90. The predicted molar refractivity (Wildman–Crippen MR) is 136 cm³/mol. The number of rotatable bonds is 9. The van der Waals surface area contributed by atoms with Crippen LogP contribution in [0.15, 0.2) is 67.4 Å². The van der Waals surface area contributed by atoms with E-state index in [4.69, 9.17) is 11.6 Å². The molecule has 1 aromatic heterocycles. The van der Waals surface area contributed by atoms with Crippen molar-refractivity contribution in [3.8, 4) is 0 Å². The zero-order valence-electron chi connectivity index (χ0n) is 18.6. The summed E-state index contributed by atoms with van der Waals surface area (Å²) >= 11 is 6.31. The van der Waals surface area contributed by atoms with Crippen molar-refractivity contribution in [1.29, 1.82) is 0 Å². The number of anilines is 4. The van der Waals surface area contributed by atoms with Gasteiger partial charge in [-0.15, -0.1) is 0 Å². The number of hydrogen-bond acceptors (Lipinski definition) is 6. The van der Waals surface area contributed by atoms with Crippen LogP contribution in [-0.4, -0.2) is 28.8 Å². The number of carbonyl (C=O) groups is 1. The Hall–Kier alpha value is -3.38. The minimum atomic E-state index is -0.00127. The number of ketones is 1. The summed E-state index contributed by atoms with van der Waals surface area (Å²) in [7, 11) is 0. The molecule has 170 valence electrons. The first kappa shape index (κ1) is 22.8. The highest BCUT2D eigenvalue weighted by Crippen LogP contribution is 2.25. The quantitative estimate of drug-likeness (QED) is 0.394. The van der Waals surface area contributed by atoms with Crippen molar-refractivity contribution in [2.75, 3.05) is 28.6 Å². The number of allylic oxidation sites excluding steroid dienone is 1. The van der Waals surface area contributed by atoms with E-state index in [0.29, 0.717) is 29.8 Å². The van der Waals surface area contributed by atoms with Crippen molar-refractivity contribution in [2.24, 2.45) is 0 Å². The van der Waals surface area contributed by atoms with Gasteiger partial charge in [-0.3, -0.25) is 4.79 Å². The summed E-state index contributed by atoms with van der Waals surface area (Å²) in [5, 5.41) is 6.96. The Labute approximate surface area is 199 Å². The van der Waals surface area contributed by atoms with Crippen LogP contribution in [0.5, 0.6) is 0 Å². The number of hydrogen-bond donors (Lipinski definition) is 2. The summed E-state index contributed by atoms with van der Waals surface area (Å²) in [5.41, 5.74) is 4.14. The van der Waals surface area contributed by atoms with Gasteiger partial charge in [-0.2, -0.15) is 4.98 Å². The van der Waals surface area contributed by atoms with Crippen LogP contribution in [0.3, 0.4) is 0 Å². The van der Waals surface area contributed by atoms with E-state index in [1.807, 2.05) is 36.4 Å². The Morgan fingerprint density at radius 2 is 1.85 bits per heavy atom. The van der Waals surface area contributed by atoms with Crippen LogP contribution in [-0.2, 0) is 17.8 Å². The van der Waals surface area contributed by atoms with Gasteiger partial charge in [0.2, 0.25) is 5.95 Å². The van der Waals surface area contributed by atoms with Crippen LogP contribution in [0.4, 0.5) is 23.1 Å². The molecule has 0 spiro atoms. The number of piperidine rings is 1. The molecule has 2 N–H and O–H groups in total. The summed E-state index contributed by atoms with van der Waals surface area (Å²) in [4.78, 5) is 22.9. The average molecular weight is 462 g/mol. The van der Waals surface area contributed by atoms with Crippen LogP contribution in [0.25, 0.3) is 0 Å². The Balaban J connectivity index is 1.39. The van der Waals surface area contributed by atoms with Gasteiger partial charge in [-0.1, -0.05) is 42.4 Å². The van der Waals surface area contributed by atoms with Crippen molar-refractivity contribution in [1.82, 2.24) is 9.97 Å². The molecule has 4 rings (SSSR count). The molecule has 0 saturated carbocycles. The van der Waals surface area contributed by atoms with Crippen molar-refractivity contribution in [2.45, 2.75) is 32.2 Å². The maximum absolute atomic E-state index is 11.6. The Morgan fingerprint density at radius 3 is 2.61 bits per heavy atom. The predicted octanol–water partition coefficient (Wildman–Crippen LogP) is 5.77. The number of halogens is 1. The summed E-state index contributed by atoms with van der Waals surface area (Å²) in [6, 6.07) is 16.2. The Kier molecular flexibility index (Phi) is 7.58. The van der Waals surface area contributed by atoms with Gasteiger partial charge in [0.15, 0.2) is 11.6 Å². The highest BCUT2D eigenvalue weighted by molar-refractivity contribution is 6.32. The molecule has 7 heteroatoms. The van der Waals surface area contributed by atoms with E-state index in [1.165, 1.54) is 31.0 Å². The standard InChI is InChI=1S/C26H28ClN5O/c1-2-23(33)16-19-7-6-8-20(15-19)17-28-25-24(27)18-29-26(31-25)30-21-9-11-22(12-10-21)32-13-4-3-5-14-32/h2,6-12,15,18H,1,3-5,13-14,16-17H2,(H2,28,29,30,31). The Bertz CT molecular complexity index is 1110. The third-order valence-electron chi connectivity index (χ3n) is 5.65. The van der Waals surface area contributed by atoms with Gasteiger partial charge < -0.3 is 15.5 Å². The number of aromatic nitrogens is 2. The molecule has 0 aliphatic carbocycles. The van der Waals surface area contributed by atoms with Gasteiger partial charge >= 0.3 is 0 Å². The molecule has 2 heterocycles. The second-order valence-electron chi connectivity index (χ2n) is 8.13. The van der Waals surface area contributed by atoms with E-state index in [9.17, 15) is 4.79 Å². The van der Waals surface area contributed by atoms with Crippen LogP contribution in [0.2, 0.25) is 5.02 Å². The molecule has 0 bridgehead atoms. The zero-order valence-corrected chi connectivity index (χ0v) is 19.3. The maximum atomic E-state index is 11.6. The summed E-state index contributed by atoms with van der Waals surface area (Å²) in [6.07, 6.45) is 7.11.